The zero-order chi connectivity index (χ0) is 20.6. The van der Waals surface area contributed by atoms with Crippen LogP contribution in [0.25, 0.3) is 0 Å². The lowest BCUT2D eigenvalue weighted by Crippen LogP contribution is -2.67. The molecule has 1 aliphatic heterocycles. The van der Waals surface area contributed by atoms with Gasteiger partial charge in [0.2, 0.25) is 0 Å². The minimum Gasteiger partial charge on any atom is -0.333 e. The molecule has 152 valence electrons. The van der Waals surface area contributed by atoms with Gasteiger partial charge in [0.25, 0.3) is 17.4 Å². The molecule has 2 aromatic rings. The number of nitrogens with zero attached hydrogens (tertiary/aromatic N) is 3. The van der Waals surface area contributed by atoms with Crippen LogP contribution in [-0.2, 0) is 0 Å². The Bertz CT molecular complexity index is 976. The predicted molar refractivity (Wildman–Crippen MR) is 109 cm³/mol. The van der Waals surface area contributed by atoms with E-state index >= 15 is 0 Å². The monoisotopic (exact) mass is 394 g/mol. The van der Waals surface area contributed by atoms with Crippen molar-refractivity contribution < 1.29 is 9.59 Å². The molecule has 2 aliphatic rings. The fourth-order valence-corrected chi connectivity index (χ4v) is 4.30. The Balaban J connectivity index is 1.54. The first-order valence-electron chi connectivity index (χ1n) is 10.2. The number of carbonyl (C=O) groups excluding carboxylic acids is 2. The maximum Gasteiger partial charge on any atom is 0.279 e. The van der Waals surface area contributed by atoms with Crippen LogP contribution in [0, 0.1) is 0 Å². The van der Waals surface area contributed by atoms with Crippen molar-refractivity contribution in [1.29, 1.82) is 0 Å². The molecular formula is C22H26N4O3. The van der Waals surface area contributed by atoms with Crippen LogP contribution >= 0.6 is 0 Å². The number of aromatic amines is 1. The van der Waals surface area contributed by atoms with Crippen LogP contribution < -0.4 is 5.56 Å². The van der Waals surface area contributed by atoms with Gasteiger partial charge in [-0.25, -0.2) is 4.98 Å². The van der Waals surface area contributed by atoms with Crippen molar-refractivity contribution in [2.75, 3.05) is 19.6 Å². The molecule has 0 atom stereocenters. The van der Waals surface area contributed by atoms with E-state index in [2.05, 4.69) is 23.8 Å². The lowest BCUT2D eigenvalue weighted by molar-refractivity contribution is -0.0305. The molecular weight excluding hydrogens is 368 g/mol. The van der Waals surface area contributed by atoms with Gasteiger partial charge in [-0.05, 0) is 42.9 Å². The highest BCUT2D eigenvalue weighted by Crippen LogP contribution is 2.41. The highest BCUT2D eigenvalue weighted by Gasteiger charge is 2.49. The summed E-state index contributed by atoms with van der Waals surface area (Å²) in [6, 6.07) is 7.82. The van der Waals surface area contributed by atoms with Crippen molar-refractivity contribution in [1.82, 2.24) is 19.8 Å². The zero-order valence-corrected chi connectivity index (χ0v) is 16.9. The van der Waals surface area contributed by atoms with Crippen LogP contribution in [0.5, 0.6) is 0 Å². The largest absolute Gasteiger partial charge is 0.333 e. The van der Waals surface area contributed by atoms with Crippen LogP contribution in [-0.4, -0.2) is 56.8 Å². The molecule has 1 aromatic heterocycles. The summed E-state index contributed by atoms with van der Waals surface area (Å²) in [4.78, 5) is 48.1. The lowest BCUT2D eigenvalue weighted by atomic mass is 9.73. The smallest absolute Gasteiger partial charge is 0.279 e. The molecule has 1 N–H and O–H groups in total. The summed E-state index contributed by atoms with van der Waals surface area (Å²) >= 11 is 0. The Morgan fingerprint density at radius 3 is 2.41 bits per heavy atom. The maximum atomic E-state index is 13.2. The Labute approximate surface area is 169 Å². The van der Waals surface area contributed by atoms with Gasteiger partial charge in [0.1, 0.15) is 0 Å². The minimum absolute atomic E-state index is 0.0165. The molecule has 0 unspecified atom stereocenters. The summed E-state index contributed by atoms with van der Waals surface area (Å²) in [6.07, 6.45) is 5.58. The van der Waals surface area contributed by atoms with Crippen molar-refractivity contribution in [2.24, 2.45) is 0 Å². The third-order valence-corrected chi connectivity index (χ3v) is 6.20. The summed E-state index contributed by atoms with van der Waals surface area (Å²) in [5.41, 5.74) is 0.968. The Hall–Kier alpha value is -2.96. The number of piperazine rings is 1. The van der Waals surface area contributed by atoms with Crippen molar-refractivity contribution in [3.63, 3.8) is 0 Å². The van der Waals surface area contributed by atoms with Gasteiger partial charge in [0.15, 0.2) is 5.69 Å². The van der Waals surface area contributed by atoms with Crippen molar-refractivity contribution in [3.05, 3.63) is 63.8 Å². The van der Waals surface area contributed by atoms with Crippen molar-refractivity contribution in [3.8, 4) is 0 Å². The van der Waals surface area contributed by atoms with E-state index in [4.69, 9.17) is 0 Å². The summed E-state index contributed by atoms with van der Waals surface area (Å²) in [5.74, 6) is 0.0655. The van der Waals surface area contributed by atoms with Gasteiger partial charge < -0.3 is 14.8 Å². The fourth-order valence-electron chi connectivity index (χ4n) is 4.30. The van der Waals surface area contributed by atoms with Gasteiger partial charge in [-0.3, -0.25) is 14.4 Å². The van der Waals surface area contributed by atoms with E-state index in [-0.39, 0.29) is 23.0 Å². The molecule has 2 heterocycles. The highest BCUT2D eigenvalue weighted by atomic mass is 16.2. The number of H-pyrrole nitrogens is 1. The number of nitrogens with one attached hydrogen (secondary N) is 1. The number of hydrogen-bond acceptors (Lipinski definition) is 4. The second-order valence-corrected chi connectivity index (χ2v) is 8.31. The van der Waals surface area contributed by atoms with E-state index in [1.165, 1.54) is 18.0 Å². The normalized spacial score (nSPS) is 18.0. The Kier molecular flexibility index (Phi) is 4.98. The van der Waals surface area contributed by atoms with E-state index in [0.717, 1.165) is 19.3 Å². The van der Waals surface area contributed by atoms with Crippen molar-refractivity contribution in [2.45, 2.75) is 44.6 Å². The number of hydrogen-bond donors (Lipinski definition) is 1. The summed E-state index contributed by atoms with van der Waals surface area (Å²) in [5, 5.41) is 0. The average molecular weight is 394 g/mol. The quantitative estimate of drug-likeness (QED) is 0.866. The number of benzene rings is 1. The molecule has 4 rings (SSSR count). The van der Waals surface area contributed by atoms with Crippen LogP contribution in [0.1, 0.15) is 65.4 Å². The highest BCUT2D eigenvalue weighted by molar-refractivity contribution is 5.96. The zero-order valence-electron chi connectivity index (χ0n) is 16.9. The molecule has 1 saturated heterocycles. The van der Waals surface area contributed by atoms with Crippen LogP contribution in [0.15, 0.2) is 41.5 Å². The molecule has 1 aliphatic carbocycles. The summed E-state index contributed by atoms with van der Waals surface area (Å²) in [7, 11) is 0. The fraction of sp³-hybridized carbons (Fsp3) is 0.455. The van der Waals surface area contributed by atoms with Gasteiger partial charge in [-0.1, -0.05) is 26.0 Å². The first-order valence-corrected chi connectivity index (χ1v) is 10.2. The summed E-state index contributed by atoms with van der Waals surface area (Å²) < 4.78 is 0. The molecule has 1 aromatic carbocycles. The first kappa shape index (κ1) is 19.4. The Morgan fingerprint density at radius 2 is 1.83 bits per heavy atom. The Morgan fingerprint density at radius 1 is 1.10 bits per heavy atom. The minimum atomic E-state index is -0.482. The van der Waals surface area contributed by atoms with E-state index in [1.807, 2.05) is 29.2 Å². The van der Waals surface area contributed by atoms with E-state index < -0.39 is 5.56 Å². The van der Waals surface area contributed by atoms with Gasteiger partial charge >= 0.3 is 0 Å². The van der Waals surface area contributed by atoms with Crippen LogP contribution in [0.3, 0.4) is 0 Å². The molecule has 7 heteroatoms. The second-order valence-electron chi connectivity index (χ2n) is 8.31. The third-order valence-electron chi connectivity index (χ3n) is 6.20. The van der Waals surface area contributed by atoms with E-state index in [9.17, 15) is 14.4 Å². The number of aromatic nitrogens is 2. The molecule has 1 spiro atoms. The third kappa shape index (κ3) is 3.45. The predicted octanol–water partition coefficient (Wildman–Crippen LogP) is 2.41. The molecule has 2 amide bonds. The van der Waals surface area contributed by atoms with E-state index in [1.54, 1.807) is 4.90 Å². The lowest BCUT2D eigenvalue weighted by Gasteiger charge is -2.55. The topological polar surface area (TPSA) is 86.4 Å². The standard InChI is InChI=1S/C22H26N4O3/c1-15(2)16-4-6-17(7-5-16)20(28)26-13-12-25(14-22(26)8-3-9-22)21(29)18-19(27)24-11-10-23-18/h4-7,10-11,15H,3,8-9,12-14H2,1-2H3,(H,24,27). The molecule has 1 saturated carbocycles. The molecule has 0 radical (unpaired) electrons. The van der Waals surface area contributed by atoms with E-state index in [0.29, 0.717) is 31.1 Å². The number of carbonyl (C=O) groups is 2. The van der Waals surface area contributed by atoms with Gasteiger partial charge in [-0.2, -0.15) is 0 Å². The molecule has 29 heavy (non-hydrogen) atoms. The first-order chi connectivity index (χ1) is 13.9. The van der Waals surface area contributed by atoms with Crippen molar-refractivity contribution >= 4 is 11.8 Å². The molecule has 0 bridgehead atoms. The average Bonchev–Trinajstić information content (AvgIpc) is 2.71. The molecule has 2 fully saturated rings. The number of rotatable bonds is 3. The SMILES string of the molecule is CC(C)c1ccc(C(=O)N2CCN(C(=O)c3ncc[nH]c3=O)CC23CCC3)cc1. The van der Waals surface area contributed by atoms with Crippen LogP contribution in [0.2, 0.25) is 0 Å². The second kappa shape index (κ2) is 7.46. The molecule has 7 nitrogen and oxygen atoms in total. The number of amides is 2. The summed E-state index contributed by atoms with van der Waals surface area (Å²) in [6.45, 7) is 5.55. The van der Waals surface area contributed by atoms with Gasteiger partial charge in [0.05, 0.1) is 5.54 Å². The van der Waals surface area contributed by atoms with Crippen LogP contribution in [0.4, 0.5) is 0 Å². The van der Waals surface area contributed by atoms with Gasteiger partial charge in [0, 0.05) is 37.6 Å². The van der Waals surface area contributed by atoms with Gasteiger partial charge in [-0.15, -0.1) is 0 Å². The maximum absolute atomic E-state index is 13.2.